The van der Waals surface area contributed by atoms with Crippen LogP contribution in [0, 0.1) is 11.3 Å². The zero-order valence-corrected chi connectivity index (χ0v) is 12.7. The molecule has 0 amide bonds. The molecule has 5 heteroatoms. The Bertz CT molecular complexity index is 516. The van der Waals surface area contributed by atoms with Crippen LogP contribution in [0.3, 0.4) is 0 Å². The normalized spacial score (nSPS) is 29.2. The maximum atomic E-state index is 12.9. The summed E-state index contributed by atoms with van der Waals surface area (Å²) >= 11 is 0. The fraction of sp³-hybridized carbons (Fsp3) is 0.812. The van der Waals surface area contributed by atoms with Crippen molar-refractivity contribution in [1.29, 1.82) is 0 Å². The predicted molar refractivity (Wildman–Crippen MR) is 75.1 cm³/mol. The highest BCUT2D eigenvalue weighted by atomic mass is 19.4. The van der Waals surface area contributed by atoms with E-state index in [1.54, 1.807) is 0 Å². The van der Waals surface area contributed by atoms with Crippen molar-refractivity contribution in [1.82, 2.24) is 9.97 Å². The Morgan fingerprint density at radius 3 is 2.62 bits per heavy atom. The molecule has 0 bridgehead atoms. The molecule has 118 valence electrons. The summed E-state index contributed by atoms with van der Waals surface area (Å²) < 4.78 is 38.7. The predicted octanol–water partition coefficient (Wildman–Crippen LogP) is 4.76. The van der Waals surface area contributed by atoms with Gasteiger partial charge in [-0.05, 0) is 31.1 Å². The number of nitrogens with one attached hydrogen (secondary N) is 1. The van der Waals surface area contributed by atoms with E-state index in [1.807, 2.05) is 0 Å². The van der Waals surface area contributed by atoms with Gasteiger partial charge in [-0.3, -0.25) is 0 Å². The average molecular weight is 300 g/mol. The summed E-state index contributed by atoms with van der Waals surface area (Å²) in [6, 6.07) is 0. The Labute approximate surface area is 123 Å². The van der Waals surface area contributed by atoms with Crippen molar-refractivity contribution in [2.24, 2.45) is 11.3 Å². The van der Waals surface area contributed by atoms with Gasteiger partial charge in [-0.15, -0.1) is 0 Å². The summed E-state index contributed by atoms with van der Waals surface area (Å²) in [7, 11) is 0. The molecule has 0 aromatic carbocycles. The van der Waals surface area contributed by atoms with Crippen molar-refractivity contribution >= 4 is 0 Å². The van der Waals surface area contributed by atoms with Crippen molar-refractivity contribution in [2.75, 3.05) is 0 Å². The first-order chi connectivity index (χ1) is 9.77. The molecule has 2 aliphatic rings. The fourth-order valence-electron chi connectivity index (χ4n) is 3.95. The zero-order chi connectivity index (χ0) is 15.3. The minimum absolute atomic E-state index is 0.0684. The highest BCUT2D eigenvalue weighted by molar-refractivity contribution is 5.22. The number of aryl methyl sites for hydroxylation is 1. The molecule has 1 fully saturated rings. The van der Waals surface area contributed by atoms with E-state index in [2.05, 4.69) is 23.8 Å². The molecular weight excluding hydrogens is 277 g/mol. The van der Waals surface area contributed by atoms with Crippen molar-refractivity contribution in [3.63, 3.8) is 0 Å². The van der Waals surface area contributed by atoms with Gasteiger partial charge in [0.05, 0.1) is 11.6 Å². The van der Waals surface area contributed by atoms with Gasteiger partial charge in [0, 0.05) is 18.0 Å². The molecule has 0 saturated heterocycles. The molecular formula is C16H23F3N2. The van der Waals surface area contributed by atoms with Crippen LogP contribution in [0.15, 0.2) is 0 Å². The molecule has 3 rings (SSSR count). The third-order valence-electron chi connectivity index (χ3n) is 5.36. The van der Waals surface area contributed by atoms with Crippen LogP contribution < -0.4 is 0 Å². The van der Waals surface area contributed by atoms with Gasteiger partial charge in [-0.25, -0.2) is 4.98 Å². The van der Waals surface area contributed by atoms with Gasteiger partial charge < -0.3 is 4.98 Å². The summed E-state index contributed by atoms with van der Waals surface area (Å²) in [5.74, 6) is 0.0615. The molecule has 1 aromatic rings. The largest absolute Gasteiger partial charge is 0.392 e. The van der Waals surface area contributed by atoms with Crippen LogP contribution in [-0.2, 0) is 12.8 Å². The van der Waals surface area contributed by atoms with Gasteiger partial charge in [0.2, 0.25) is 0 Å². The lowest BCUT2D eigenvalue weighted by atomic mass is 9.68. The van der Waals surface area contributed by atoms with Crippen LogP contribution in [0.25, 0.3) is 0 Å². The number of alkyl halides is 3. The summed E-state index contributed by atoms with van der Waals surface area (Å²) in [5.41, 5.74) is 1.77. The van der Waals surface area contributed by atoms with Crippen LogP contribution in [0.2, 0.25) is 0 Å². The number of H-pyrrole nitrogens is 1. The van der Waals surface area contributed by atoms with Crippen molar-refractivity contribution < 1.29 is 13.2 Å². The average Bonchev–Trinajstić information content (AvgIpc) is 2.79. The van der Waals surface area contributed by atoms with Crippen LogP contribution in [-0.4, -0.2) is 16.1 Å². The van der Waals surface area contributed by atoms with Crippen LogP contribution in [0.1, 0.15) is 69.1 Å². The molecule has 0 aliphatic heterocycles. The summed E-state index contributed by atoms with van der Waals surface area (Å²) in [4.78, 5) is 7.91. The van der Waals surface area contributed by atoms with E-state index >= 15 is 0 Å². The molecule has 1 aromatic heterocycles. The Hall–Kier alpha value is -1.00. The van der Waals surface area contributed by atoms with E-state index in [1.165, 1.54) is 12.8 Å². The Kier molecular flexibility index (Phi) is 3.57. The molecule has 2 atom stereocenters. The Morgan fingerprint density at radius 1 is 1.19 bits per heavy atom. The lowest BCUT2D eigenvalue weighted by molar-refractivity contribution is -0.177. The first-order valence-corrected chi connectivity index (χ1v) is 7.92. The Balaban J connectivity index is 1.83. The maximum Gasteiger partial charge on any atom is 0.392 e. The van der Waals surface area contributed by atoms with Gasteiger partial charge in [0.15, 0.2) is 0 Å². The summed E-state index contributed by atoms with van der Waals surface area (Å²) in [5, 5.41) is 0. The first-order valence-electron chi connectivity index (χ1n) is 7.92. The molecule has 2 nitrogen and oxygen atoms in total. The van der Waals surface area contributed by atoms with Gasteiger partial charge >= 0.3 is 6.18 Å². The third kappa shape index (κ3) is 2.84. The van der Waals surface area contributed by atoms with Gasteiger partial charge in [0.25, 0.3) is 0 Å². The highest BCUT2D eigenvalue weighted by Gasteiger charge is 2.43. The smallest absolute Gasteiger partial charge is 0.345 e. The second-order valence-corrected chi connectivity index (χ2v) is 7.32. The number of halogens is 3. The van der Waals surface area contributed by atoms with Crippen LogP contribution in [0.4, 0.5) is 13.2 Å². The number of hydrogen-bond donors (Lipinski definition) is 1. The van der Waals surface area contributed by atoms with Gasteiger partial charge in [0.1, 0.15) is 5.82 Å². The molecule has 1 saturated carbocycles. The molecule has 0 radical (unpaired) electrons. The molecule has 21 heavy (non-hydrogen) atoms. The molecule has 2 unspecified atom stereocenters. The fourth-order valence-corrected chi connectivity index (χ4v) is 3.95. The first kappa shape index (κ1) is 14.9. The highest BCUT2D eigenvalue weighted by Crippen LogP contribution is 2.46. The van der Waals surface area contributed by atoms with E-state index in [9.17, 15) is 13.2 Å². The van der Waals surface area contributed by atoms with Crippen molar-refractivity contribution in [2.45, 2.75) is 70.9 Å². The van der Waals surface area contributed by atoms with E-state index in [-0.39, 0.29) is 18.3 Å². The van der Waals surface area contributed by atoms with E-state index in [0.29, 0.717) is 12.3 Å². The molecule has 0 spiro atoms. The number of aromatic nitrogens is 2. The van der Waals surface area contributed by atoms with Gasteiger partial charge in [-0.2, -0.15) is 13.2 Å². The van der Waals surface area contributed by atoms with Crippen molar-refractivity contribution in [3.05, 3.63) is 17.2 Å². The number of aromatic amines is 1. The molecule has 1 heterocycles. The number of hydrogen-bond acceptors (Lipinski definition) is 1. The van der Waals surface area contributed by atoms with Gasteiger partial charge in [-0.1, -0.05) is 26.7 Å². The minimum Gasteiger partial charge on any atom is -0.345 e. The number of nitrogens with zero attached hydrogens (tertiary/aromatic N) is 1. The quantitative estimate of drug-likeness (QED) is 0.796. The summed E-state index contributed by atoms with van der Waals surface area (Å²) in [6.07, 6.45) is 1.27. The van der Waals surface area contributed by atoms with E-state index in [4.69, 9.17) is 0 Å². The van der Waals surface area contributed by atoms with Crippen LogP contribution >= 0.6 is 0 Å². The minimum atomic E-state index is -4.09. The molecule has 2 aliphatic carbocycles. The standard InChI is InChI=1S/C16H23F3N2/c1-15(2)8-4-3-5-11(15)14-20-12-7-6-10(16(17,18)19)9-13(12)21-14/h10-11H,3-9H2,1-2H3,(H,20,21). The molecule has 1 N–H and O–H groups in total. The zero-order valence-electron chi connectivity index (χ0n) is 12.7. The van der Waals surface area contributed by atoms with Crippen LogP contribution in [0.5, 0.6) is 0 Å². The second kappa shape index (κ2) is 5.03. The second-order valence-electron chi connectivity index (χ2n) is 7.32. The van der Waals surface area contributed by atoms with E-state index < -0.39 is 12.1 Å². The Morgan fingerprint density at radius 2 is 1.95 bits per heavy atom. The SMILES string of the molecule is CC1(C)CCCCC1c1nc2c([nH]1)CC(C(F)(F)F)CC2. The topological polar surface area (TPSA) is 28.7 Å². The third-order valence-corrected chi connectivity index (χ3v) is 5.36. The number of imidazole rings is 1. The lowest BCUT2D eigenvalue weighted by Crippen LogP contribution is -2.28. The maximum absolute atomic E-state index is 12.9. The monoisotopic (exact) mass is 300 g/mol. The van der Waals surface area contributed by atoms with E-state index in [0.717, 1.165) is 30.1 Å². The number of fused-ring (bicyclic) bond motifs is 1. The van der Waals surface area contributed by atoms with Crippen molar-refractivity contribution in [3.8, 4) is 0 Å². The summed E-state index contributed by atoms with van der Waals surface area (Å²) in [6.45, 7) is 4.49. The number of rotatable bonds is 1. The lowest BCUT2D eigenvalue weighted by Gasteiger charge is -2.37.